The number of hydrogen-bond acceptors (Lipinski definition) is 5. The minimum absolute atomic E-state index is 0.0926. The van der Waals surface area contributed by atoms with Crippen LogP contribution in [0.3, 0.4) is 0 Å². The molecule has 0 aliphatic rings. The van der Waals surface area contributed by atoms with Gasteiger partial charge in [-0.3, -0.25) is 14.5 Å². The Labute approximate surface area is 128 Å². The number of carbonyl (C=O) groups is 2. The van der Waals surface area contributed by atoms with E-state index >= 15 is 0 Å². The van der Waals surface area contributed by atoms with Crippen molar-refractivity contribution >= 4 is 27.9 Å². The Morgan fingerprint density at radius 3 is 2.14 bits per heavy atom. The van der Waals surface area contributed by atoms with E-state index in [4.69, 9.17) is 0 Å². The molecule has 0 unspecified atom stereocenters. The van der Waals surface area contributed by atoms with E-state index < -0.39 is 23.6 Å². The van der Waals surface area contributed by atoms with Gasteiger partial charge in [0.15, 0.2) is 0 Å². The van der Waals surface area contributed by atoms with Crippen molar-refractivity contribution in [3.8, 4) is 0 Å². The van der Waals surface area contributed by atoms with Gasteiger partial charge < -0.3 is 9.47 Å². The summed E-state index contributed by atoms with van der Waals surface area (Å²) in [6, 6.07) is 2.33. The first kappa shape index (κ1) is 17.5. The molecule has 0 bridgehead atoms. The molecule has 5 nitrogen and oxygen atoms in total. The van der Waals surface area contributed by atoms with Crippen LogP contribution in [0, 0.1) is 11.6 Å². The molecule has 0 spiro atoms. The van der Waals surface area contributed by atoms with Crippen molar-refractivity contribution in [2.24, 2.45) is 0 Å². The Kier molecular flexibility index (Phi) is 6.70. The molecular weight excluding hydrogens is 352 g/mol. The van der Waals surface area contributed by atoms with Gasteiger partial charge in [0.25, 0.3) is 0 Å². The van der Waals surface area contributed by atoms with Crippen molar-refractivity contribution in [1.29, 1.82) is 0 Å². The SMILES string of the molecule is COC(=O)CN(CC(=O)OC)Cc1c(F)ccc(Br)c1F. The maximum Gasteiger partial charge on any atom is 0.319 e. The van der Waals surface area contributed by atoms with Gasteiger partial charge in [0.2, 0.25) is 0 Å². The van der Waals surface area contributed by atoms with E-state index in [1.165, 1.54) is 25.2 Å². The third-order valence-electron chi connectivity index (χ3n) is 2.68. The fourth-order valence-electron chi connectivity index (χ4n) is 1.60. The molecule has 0 amide bonds. The molecule has 0 aliphatic heterocycles. The number of esters is 2. The third-order valence-corrected chi connectivity index (χ3v) is 3.29. The number of ether oxygens (including phenoxy) is 2. The van der Waals surface area contributed by atoms with Crippen LogP contribution in [0.4, 0.5) is 8.78 Å². The predicted molar refractivity (Wildman–Crippen MR) is 73.4 cm³/mol. The highest BCUT2D eigenvalue weighted by molar-refractivity contribution is 9.10. The van der Waals surface area contributed by atoms with Crippen LogP contribution < -0.4 is 0 Å². The number of benzene rings is 1. The minimum atomic E-state index is -0.783. The zero-order valence-corrected chi connectivity index (χ0v) is 13.1. The summed E-state index contributed by atoms with van der Waals surface area (Å²) in [7, 11) is 2.36. The minimum Gasteiger partial charge on any atom is -0.468 e. The first-order valence-corrected chi connectivity index (χ1v) is 6.66. The molecular formula is C13H14BrF2NO4. The second-order valence-electron chi connectivity index (χ2n) is 4.12. The fourth-order valence-corrected chi connectivity index (χ4v) is 1.97. The maximum absolute atomic E-state index is 13.9. The van der Waals surface area contributed by atoms with Crippen LogP contribution in [0.1, 0.15) is 5.56 Å². The zero-order chi connectivity index (χ0) is 16.0. The molecule has 0 aromatic heterocycles. The van der Waals surface area contributed by atoms with Crippen LogP contribution >= 0.6 is 15.9 Å². The van der Waals surface area contributed by atoms with E-state index in [-0.39, 0.29) is 29.7 Å². The predicted octanol–water partition coefficient (Wildman–Crippen LogP) is 1.88. The van der Waals surface area contributed by atoms with Gasteiger partial charge in [-0.2, -0.15) is 0 Å². The smallest absolute Gasteiger partial charge is 0.319 e. The Morgan fingerprint density at radius 2 is 1.67 bits per heavy atom. The van der Waals surface area contributed by atoms with Crippen molar-refractivity contribution in [2.75, 3.05) is 27.3 Å². The second kappa shape index (κ2) is 8.04. The number of hydrogen-bond donors (Lipinski definition) is 0. The normalized spacial score (nSPS) is 10.6. The summed E-state index contributed by atoms with van der Waals surface area (Å²) in [5.41, 5.74) is -0.253. The van der Waals surface area contributed by atoms with Gasteiger partial charge in [-0.15, -0.1) is 0 Å². The topological polar surface area (TPSA) is 55.8 Å². The van der Waals surface area contributed by atoms with Crippen LogP contribution in [-0.2, 0) is 25.6 Å². The number of rotatable bonds is 6. The average Bonchev–Trinajstić information content (AvgIpc) is 2.47. The van der Waals surface area contributed by atoms with Gasteiger partial charge in [-0.25, -0.2) is 8.78 Å². The summed E-state index contributed by atoms with van der Waals surface area (Å²) in [6.07, 6.45) is 0. The first-order valence-electron chi connectivity index (χ1n) is 5.87. The van der Waals surface area contributed by atoms with E-state index in [2.05, 4.69) is 25.4 Å². The summed E-state index contributed by atoms with van der Waals surface area (Å²) < 4.78 is 36.7. The Hall–Kier alpha value is -1.54. The lowest BCUT2D eigenvalue weighted by Gasteiger charge is -2.20. The molecule has 116 valence electrons. The van der Waals surface area contributed by atoms with E-state index in [9.17, 15) is 18.4 Å². The first-order chi connectivity index (χ1) is 9.88. The summed E-state index contributed by atoms with van der Waals surface area (Å²) in [4.78, 5) is 23.8. The van der Waals surface area contributed by atoms with Gasteiger partial charge in [-0.05, 0) is 28.1 Å². The number of nitrogens with zero attached hydrogens (tertiary/aromatic N) is 1. The Bertz CT molecular complexity index is 521. The van der Waals surface area contributed by atoms with E-state index in [0.717, 1.165) is 6.07 Å². The molecule has 0 radical (unpaired) electrons. The van der Waals surface area contributed by atoms with Gasteiger partial charge in [0.1, 0.15) is 11.6 Å². The molecule has 8 heteroatoms. The summed E-state index contributed by atoms with van der Waals surface area (Å²) in [5.74, 6) is -2.81. The van der Waals surface area contributed by atoms with Gasteiger partial charge in [0, 0.05) is 12.1 Å². The fraction of sp³-hybridized carbons (Fsp3) is 0.385. The molecule has 1 aromatic carbocycles. The second-order valence-corrected chi connectivity index (χ2v) is 4.97. The lowest BCUT2D eigenvalue weighted by atomic mass is 10.2. The Morgan fingerprint density at radius 1 is 1.14 bits per heavy atom. The van der Waals surface area contributed by atoms with Crippen LogP contribution in [-0.4, -0.2) is 44.1 Å². The summed E-state index contributed by atoms with van der Waals surface area (Å²) in [6.45, 7) is -0.866. The molecule has 0 atom stereocenters. The molecule has 0 saturated carbocycles. The van der Waals surface area contributed by atoms with Crippen molar-refractivity contribution < 1.29 is 27.8 Å². The lowest BCUT2D eigenvalue weighted by molar-refractivity contribution is -0.145. The third kappa shape index (κ3) is 5.05. The largest absolute Gasteiger partial charge is 0.468 e. The molecule has 21 heavy (non-hydrogen) atoms. The monoisotopic (exact) mass is 365 g/mol. The number of halogens is 3. The average molecular weight is 366 g/mol. The summed E-state index contributed by atoms with van der Waals surface area (Å²) >= 11 is 2.96. The molecule has 1 rings (SSSR count). The van der Waals surface area contributed by atoms with Crippen molar-refractivity contribution in [3.05, 3.63) is 33.8 Å². The van der Waals surface area contributed by atoms with Crippen LogP contribution in [0.25, 0.3) is 0 Å². The molecule has 0 N–H and O–H groups in total. The zero-order valence-electron chi connectivity index (χ0n) is 11.5. The van der Waals surface area contributed by atoms with Crippen molar-refractivity contribution in [1.82, 2.24) is 4.90 Å². The highest BCUT2D eigenvalue weighted by atomic mass is 79.9. The van der Waals surface area contributed by atoms with Crippen LogP contribution in [0.5, 0.6) is 0 Å². The highest BCUT2D eigenvalue weighted by Crippen LogP contribution is 2.22. The van der Waals surface area contributed by atoms with Crippen LogP contribution in [0.15, 0.2) is 16.6 Å². The Balaban J connectivity index is 2.97. The standard InChI is InChI=1S/C13H14BrF2NO4/c1-20-11(18)6-17(7-12(19)21-2)5-8-10(15)4-3-9(14)13(8)16/h3-4H,5-7H2,1-2H3. The van der Waals surface area contributed by atoms with E-state index in [0.29, 0.717) is 0 Å². The van der Waals surface area contributed by atoms with E-state index in [1.807, 2.05) is 0 Å². The molecule has 0 saturated heterocycles. The lowest BCUT2D eigenvalue weighted by Crippen LogP contribution is -2.35. The molecule has 0 heterocycles. The summed E-state index contributed by atoms with van der Waals surface area (Å²) in [5, 5.41) is 0. The number of carbonyl (C=O) groups excluding carboxylic acids is 2. The van der Waals surface area contributed by atoms with Crippen LogP contribution in [0.2, 0.25) is 0 Å². The van der Waals surface area contributed by atoms with Gasteiger partial charge in [-0.1, -0.05) is 0 Å². The number of methoxy groups -OCH3 is 2. The molecule has 0 aliphatic carbocycles. The maximum atomic E-state index is 13.9. The quantitative estimate of drug-likeness (QED) is 0.569. The van der Waals surface area contributed by atoms with Gasteiger partial charge >= 0.3 is 11.9 Å². The van der Waals surface area contributed by atoms with Crippen molar-refractivity contribution in [2.45, 2.75) is 6.54 Å². The highest BCUT2D eigenvalue weighted by Gasteiger charge is 2.20. The molecule has 1 aromatic rings. The van der Waals surface area contributed by atoms with E-state index in [1.54, 1.807) is 0 Å². The van der Waals surface area contributed by atoms with Gasteiger partial charge in [0.05, 0.1) is 31.8 Å². The van der Waals surface area contributed by atoms with Crippen molar-refractivity contribution in [3.63, 3.8) is 0 Å². The molecule has 0 fully saturated rings.